The van der Waals surface area contributed by atoms with Crippen LogP contribution in [0.2, 0.25) is 10.0 Å². The van der Waals surface area contributed by atoms with Gasteiger partial charge in [-0.2, -0.15) is 0 Å². The molecule has 2 aromatic heterocycles. The summed E-state index contributed by atoms with van der Waals surface area (Å²) in [5, 5.41) is 7.47. The topological polar surface area (TPSA) is 70.2 Å². The molecule has 0 saturated heterocycles. The highest BCUT2D eigenvalue weighted by Gasteiger charge is 2.10. The smallest absolute Gasteiger partial charge is 0.230 e. The zero-order valence-electron chi connectivity index (χ0n) is 19.8. The molecule has 0 aliphatic heterocycles. The molecule has 0 fully saturated rings. The number of hydrogen-bond donors (Lipinski definition) is 2. The van der Waals surface area contributed by atoms with Crippen molar-refractivity contribution in [2.45, 2.75) is 23.8 Å². The minimum Gasteiger partial charge on any atom is -0.366 e. The molecule has 10 heteroatoms. The van der Waals surface area contributed by atoms with Crippen molar-refractivity contribution in [3.63, 3.8) is 0 Å². The van der Waals surface area contributed by atoms with E-state index < -0.39 is 0 Å². The molecule has 0 bridgehead atoms. The highest BCUT2D eigenvalue weighted by molar-refractivity contribution is 8.01. The van der Waals surface area contributed by atoms with Gasteiger partial charge >= 0.3 is 0 Å². The average Bonchev–Trinajstić information content (AvgIpc) is 3.29. The number of rotatable bonds is 12. The van der Waals surface area contributed by atoms with Crippen LogP contribution in [0.1, 0.15) is 17.5 Å². The van der Waals surface area contributed by atoms with Crippen LogP contribution in [0.3, 0.4) is 0 Å². The highest BCUT2D eigenvalue weighted by Crippen LogP contribution is 2.29. The Morgan fingerprint density at radius 2 is 1.86 bits per heavy atom. The summed E-state index contributed by atoms with van der Waals surface area (Å²) >= 11 is 15.0. The van der Waals surface area contributed by atoms with E-state index in [4.69, 9.17) is 23.2 Å². The summed E-state index contributed by atoms with van der Waals surface area (Å²) in [6.45, 7) is 2.97. The number of carbonyl (C=O) groups excluding carboxylic acids is 1. The molecule has 0 saturated carbocycles. The number of nitrogens with one attached hydrogen (secondary N) is 2. The number of hydrogen-bond acceptors (Lipinski definition) is 7. The van der Waals surface area contributed by atoms with Crippen molar-refractivity contribution in [3.8, 4) is 0 Å². The quantitative estimate of drug-likeness (QED) is 0.156. The van der Waals surface area contributed by atoms with E-state index in [9.17, 15) is 4.79 Å². The lowest BCUT2D eigenvalue weighted by molar-refractivity contribution is -0.118. The van der Waals surface area contributed by atoms with Gasteiger partial charge in [0.2, 0.25) is 5.91 Å². The standard InChI is InChI=1S/C26H27Cl2N5OS2/c1-33(16-19-8-9-20(27)21(28)14-19)13-5-12-29-24(34)17-35-26-31-22-10-11-23(32-25(22)36-26)30-15-18-6-3-2-4-7-18/h2-4,6-11,14H,5,12-13,15-17H2,1H3,(H,29,34)(H,30,32). The van der Waals surface area contributed by atoms with Crippen molar-refractivity contribution in [1.82, 2.24) is 20.2 Å². The van der Waals surface area contributed by atoms with Crippen molar-refractivity contribution in [1.29, 1.82) is 0 Å². The predicted octanol–water partition coefficient (Wildman–Crippen LogP) is 6.34. The van der Waals surface area contributed by atoms with Gasteiger partial charge in [0.05, 0.1) is 15.8 Å². The Bertz CT molecular complexity index is 1300. The van der Waals surface area contributed by atoms with Crippen molar-refractivity contribution < 1.29 is 4.79 Å². The molecule has 2 heterocycles. The first kappa shape index (κ1) is 26.7. The van der Waals surface area contributed by atoms with Crippen LogP contribution >= 0.6 is 46.3 Å². The van der Waals surface area contributed by atoms with Crippen molar-refractivity contribution in [2.75, 3.05) is 31.2 Å². The number of halogens is 2. The van der Waals surface area contributed by atoms with E-state index in [1.807, 2.05) is 55.6 Å². The molecule has 2 N–H and O–H groups in total. The van der Waals surface area contributed by atoms with Crippen molar-refractivity contribution in [2.24, 2.45) is 0 Å². The fourth-order valence-corrected chi connectivity index (χ4v) is 5.69. The second kappa shape index (κ2) is 13.3. The number of benzene rings is 2. The molecule has 36 heavy (non-hydrogen) atoms. The first-order valence-electron chi connectivity index (χ1n) is 11.5. The molecule has 0 spiro atoms. The highest BCUT2D eigenvalue weighted by atomic mass is 35.5. The number of pyridine rings is 1. The van der Waals surface area contributed by atoms with Gasteiger partial charge in [-0.3, -0.25) is 4.79 Å². The molecular weight excluding hydrogens is 533 g/mol. The third-order valence-electron chi connectivity index (χ3n) is 5.35. The molecular formula is C26H27Cl2N5OS2. The fourth-order valence-electron chi connectivity index (χ4n) is 3.53. The number of thiazole rings is 1. The van der Waals surface area contributed by atoms with Gasteiger partial charge in [-0.25, -0.2) is 9.97 Å². The zero-order valence-corrected chi connectivity index (χ0v) is 23.0. The largest absolute Gasteiger partial charge is 0.366 e. The van der Waals surface area contributed by atoms with E-state index in [0.717, 1.165) is 45.6 Å². The molecule has 4 aromatic rings. The second-order valence-corrected chi connectivity index (χ2v) is 11.3. The van der Waals surface area contributed by atoms with E-state index in [-0.39, 0.29) is 5.91 Å². The van der Waals surface area contributed by atoms with Gasteiger partial charge in [0.25, 0.3) is 0 Å². The molecule has 188 valence electrons. The third-order valence-corrected chi connectivity index (χ3v) is 8.20. The van der Waals surface area contributed by atoms with E-state index in [2.05, 4.69) is 37.6 Å². The number of fused-ring (bicyclic) bond motifs is 1. The van der Waals surface area contributed by atoms with Gasteiger partial charge in [-0.1, -0.05) is 82.7 Å². The van der Waals surface area contributed by atoms with Crippen LogP contribution in [0.5, 0.6) is 0 Å². The summed E-state index contributed by atoms with van der Waals surface area (Å²) in [6, 6.07) is 19.8. The number of amides is 1. The van der Waals surface area contributed by atoms with E-state index in [0.29, 0.717) is 28.9 Å². The minimum absolute atomic E-state index is 0.00423. The molecule has 6 nitrogen and oxygen atoms in total. The molecule has 0 aliphatic rings. The number of anilines is 1. The maximum absolute atomic E-state index is 12.3. The van der Waals surface area contributed by atoms with Gasteiger partial charge in [0.15, 0.2) is 4.34 Å². The van der Waals surface area contributed by atoms with Gasteiger partial charge in [0, 0.05) is 19.6 Å². The van der Waals surface area contributed by atoms with Gasteiger partial charge in [0.1, 0.15) is 16.2 Å². The summed E-state index contributed by atoms with van der Waals surface area (Å²) in [6.07, 6.45) is 0.859. The van der Waals surface area contributed by atoms with E-state index in [1.54, 1.807) is 0 Å². The lowest BCUT2D eigenvalue weighted by Gasteiger charge is -2.17. The monoisotopic (exact) mass is 559 g/mol. The molecule has 0 radical (unpaired) electrons. The number of aromatic nitrogens is 2. The van der Waals surface area contributed by atoms with Crippen LogP contribution in [0.15, 0.2) is 65.0 Å². The van der Waals surface area contributed by atoms with Crippen LogP contribution in [-0.2, 0) is 17.9 Å². The predicted molar refractivity (Wildman–Crippen MR) is 152 cm³/mol. The summed E-state index contributed by atoms with van der Waals surface area (Å²) in [5.74, 6) is 1.15. The Labute approximate surface area is 229 Å². The third kappa shape index (κ3) is 8.08. The van der Waals surface area contributed by atoms with Crippen molar-refractivity contribution >= 4 is 68.4 Å². The summed E-state index contributed by atoms with van der Waals surface area (Å²) in [7, 11) is 2.05. The summed E-state index contributed by atoms with van der Waals surface area (Å²) in [4.78, 5) is 24.6. The van der Waals surface area contributed by atoms with Gasteiger partial charge in [-0.15, -0.1) is 0 Å². The molecule has 1 amide bonds. The number of thioether (sulfide) groups is 1. The molecule has 0 atom stereocenters. The lowest BCUT2D eigenvalue weighted by atomic mass is 10.2. The maximum atomic E-state index is 12.3. The van der Waals surface area contributed by atoms with Crippen LogP contribution in [0.25, 0.3) is 10.3 Å². The first-order valence-corrected chi connectivity index (χ1v) is 14.1. The second-order valence-electron chi connectivity index (χ2n) is 8.32. The fraction of sp³-hybridized carbons (Fsp3) is 0.269. The number of carbonyl (C=O) groups is 1. The van der Waals surface area contributed by atoms with Gasteiger partial charge in [-0.05, 0) is 55.4 Å². The Morgan fingerprint density at radius 1 is 1.03 bits per heavy atom. The normalized spacial score (nSPS) is 11.2. The average molecular weight is 561 g/mol. The number of nitrogens with zero attached hydrogens (tertiary/aromatic N) is 3. The SMILES string of the molecule is CN(CCCNC(=O)CSc1nc2ccc(NCc3ccccc3)nc2s1)Cc1ccc(Cl)c(Cl)c1. The minimum atomic E-state index is 0.00423. The van der Waals surface area contributed by atoms with Gasteiger partial charge < -0.3 is 15.5 Å². The molecule has 0 unspecified atom stereocenters. The van der Waals surface area contributed by atoms with Crippen LogP contribution in [-0.4, -0.2) is 46.7 Å². The Morgan fingerprint density at radius 3 is 2.67 bits per heavy atom. The Kier molecular flexibility index (Phi) is 9.83. The Hall–Kier alpha value is -2.36. The molecule has 2 aromatic carbocycles. The van der Waals surface area contributed by atoms with E-state index in [1.165, 1.54) is 28.7 Å². The maximum Gasteiger partial charge on any atom is 0.230 e. The Balaban J connectivity index is 1.16. The van der Waals surface area contributed by atoms with E-state index >= 15 is 0 Å². The summed E-state index contributed by atoms with van der Waals surface area (Å²) < 4.78 is 0.842. The molecule has 0 aliphatic carbocycles. The van der Waals surface area contributed by atoms with Crippen LogP contribution in [0, 0.1) is 0 Å². The van der Waals surface area contributed by atoms with Crippen LogP contribution in [0.4, 0.5) is 5.82 Å². The summed E-state index contributed by atoms with van der Waals surface area (Å²) in [5.41, 5.74) is 3.15. The van der Waals surface area contributed by atoms with Crippen molar-refractivity contribution in [3.05, 3.63) is 81.8 Å². The first-order chi connectivity index (χ1) is 17.5. The zero-order chi connectivity index (χ0) is 25.3. The lowest BCUT2D eigenvalue weighted by Crippen LogP contribution is -2.29. The molecule has 4 rings (SSSR count). The van der Waals surface area contributed by atoms with Crippen LogP contribution < -0.4 is 10.6 Å².